The maximum absolute atomic E-state index is 11.0. The molecule has 1 fully saturated rings. The maximum atomic E-state index is 11.0. The van der Waals surface area contributed by atoms with Crippen molar-refractivity contribution in [3.63, 3.8) is 0 Å². The highest BCUT2D eigenvalue weighted by Crippen LogP contribution is 2.25. The Morgan fingerprint density at radius 1 is 1.67 bits per heavy atom. The molecule has 2 atom stereocenters. The molecule has 0 aliphatic carbocycles. The average Bonchev–Trinajstić information content (AvgIpc) is 2.60. The summed E-state index contributed by atoms with van der Waals surface area (Å²) in [5.41, 5.74) is 0. The lowest BCUT2D eigenvalue weighted by molar-refractivity contribution is -0.137. The molecule has 3 nitrogen and oxygen atoms in total. The third-order valence-corrected chi connectivity index (χ3v) is 3.69. The summed E-state index contributed by atoms with van der Waals surface area (Å²) in [6.45, 7) is 5.20. The average molecular weight is 230 g/mol. The van der Waals surface area contributed by atoms with Crippen molar-refractivity contribution in [1.29, 1.82) is 0 Å². The zero-order valence-electron chi connectivity index (χ0n) is 9.27. The van der Waals surface area contributed by atoms with Crippen molar-refractivity contribution in [1.82, 2.24) is 0 Å². The molecule has 15 heavy (non-hydrogen) atoms. The molecule has 86 valence electrons. The molecule has 1 aliphatic rings. The van der Waals surface area contributed by atoms with Crippen molar-refractivity contribution in [2.45, 2.75) is 31.6 Å². The SMILES string of the molecule is CCOC(=O)/C=C/CSC1CCOC1C. The zero-order valence-corrected chi connectivity index (χ0v) is 10.1. The van der Waals surface area contributed by atoms with Crippen LogP contribution in [-0.2, 0) is 14.3 Å². The molecule has 2 unspecified atom stereocenters. The van der Waals surface area contributed by atoms with Crippen LogP contribution in [0, 0.1) is 0 Å². The number of esters is 1. The van der Waals surface area contributed by atoms with Gasteiger partial charge < -0.3 is 9.47 Å². The van der Waals surface area contributed by atoms with E-state index in [4.69, 9.17) is 9.47 Å². The van der Waals surface area contributed by atoms with E-state index in [1.807, 2.05) is 17.8 Å². The highest BCUT2D eigenvalue weighted by atomic mass is 32.2. The lowest BCUT2D eigenvalue weighted by Gasteiger charge is -2.11. The first-order valence-electron chi connectivity index (χ1n) is 5.30. The molecule has 0 aromatic carbocycles. The van der Waals surface area contributed by atoms with Crippen LogP contribution in [0.1, 0.15) is 20.3 Å². The van der Waals surface area contributed by atoms with E-state index >= 15 is 0 Å². The predicted molar refractivity (Wildman–Crippen MR) is 62.1 cm³/mol. The minimum Gasteiger partial charge on any atom is -0.463 e. The quantitative estimate of drug-likeness (QED) is 0.534. The van der Waals surface area contributed by atoms with E-state index < -0.39 is 0 Å². The van der Waals surface area contributed by atoms with Gasteiger partial charge in [-0.2, -0.15) is 11.8 Å². The number of rotatable bonds is 5. The Morgan fingerprint density at radius 2 is 2.47 bits per heavy atom. The molecule has 0 radical (unpaired) electrons. The predicted octanol–water partition coefficient (Wildman–Crippen LogP) is 2.02. The first-order valence-corrected chi connectivity index (χ1v) is 6.35. The van der Waals surface area contributed by atoms with Crippen LogP contribution in [0.3, 0.4) is 0 Å². The van der Waals surface area contributed by atoms with Crippen LogP contribution in [0.4, 0.5) is 0 Å². The zero-order chi connectivity index (χ0) is 11.1. The molecule has 0 spiro atoms. The number of hydrogen-bond donors (Lipinski definition) is 0. The number of hydrogen-bond acceptors (Lipinski definition) is 4. The second kappa shape index (κ2) is 6.90. The Balaban J connectivity index is 2.12. The van der Waals surface area contributed by atoms with Crippen molar-refractivity contribution in [3.8, 4) is 0 Å². The molecule has 0 bridgehead atoms. The summed E-state index contributed by atoms with van der Waals surface area (Å²) in [5.74, 6) is 0.589. The molecule has 1 heterocycles. The van der Waals surface area contributed by atoms with E-state index in [9.17, 15) is 4.79 Å². The number of carbonyl (C=O) groups is 1. The van der Waals surface area contributed by atoms with Gasteiger partial charge in [0.1, 0.15) is 0 Å². The normalized spacial score (nSPS) is 26.0. The molecular weight excluding hydrogens is 212 g/mol. The second-order valence-corrected chi connectivity index (χ2v) is 4.66. The summed E-state index contributed by atoms with van der Waals surface area (Å²) in [5, 5.41) is 0.567. The summed E-state index contributed by atoms with van der Waals surface area (Å²) < 4.78 is 10.2. The Labute approximate surface area is 95.2 Å². The van der Waals surface area contributed by atoms with Crippen LogP contribution in [0.2, 0.25) is 0 Å². The van der Waals surface area contributed by atoms with Crippen molar-refractivity contribution < 1.29 is 14.3 Å². The first-order chi connectivity index (χ1) is 7.24. The van der Waals surface area contributed by atoms with Gasteiger partial charge in [-0.05, 0) is 20.3 Å². The van der Waals surface area contributed by atoms with E-state index in [1.54, 1.807) is 6.92 Å². The smallest absolute Gasteiger partial charge is 0.330 e. The minimum atomic E-state index is -0.256. The summed E-state index contributed by atoms with van der Waals surface area (Å²) in [7, 11) is 0. The van der Waals surface area contributed by atoms with Gasteiger partial charge in [-0.1, -0.05) is 6.08 Å². The van der Waals surface area contributed by atoms with Crippen LogP contribution in [0.15, 0.2) is 12.2 Å². The van der Waals surface area contributed by atoms with Gasteiger partial charge in [0.25, 0.3) is 0 Å². The Hall–Kier alpha value is -0.480. The molecule has 1 saturated heterocycles. The van der Waals surface area contributed by atoms with E-state index in [-0.39, 0.29) is 5.97 Å². The summed E-state index contributed by atoms with van der Waals surface area (Å²) in [4.78, 5) is 11.0. The highest BCUT2D eigenvalue weighted by molar-refractivity contribution is 8.00. The Bertz CT molecular complexity index is 228. The van der Waals surface area contributed by atoms with Crippen molar-refractivity contribution in [3.05, 3.63) is 12.2 Å². The molecule has 1 aliphatic heterocycles. The summed E-state index contributed by atoms with van der Waals surface area (Å²) >= 11 is 1.83. The van der Waals surface area contributed by atoms with Crippen LogP contribution in [0.5, 0.6) is 0 Å². The molecular formula is C11H18O3S. The molecule has 0 amide bonds. The topological polar surface area (TPSA) is 35.5 Å². The monoisotopic (exact) mass is 230 g/mol. The largest absolute Gasteiger partial charge is 0.463 e. The van der Waals surface area contributed by atoms with Gasteiger partial charge in [0.2, 0.25) is 0 Å². The lowest BCUT2D eigenvalue weighted by atomic mass is 10.3. The maximum Gasteiger partial charge on any atom is 0.330 e. The Kier molecular flexibility index (Phi) is 5.79. The van der Waals surface area contributed by atoms with Crippen LogP contribution in [0.25, 0.3) is 0 Å². The first kappa shape index (κ1) is 12.6. The van der Waals surface area contributed by atoms with Crippen molar-refractivity contribution >= 4 is 17.7 Å². The highest BCUT2D eigenvalue weighted by Gasteiger charge is 2.23. The van der Waals surface area contributed by atoms with Gasteiger partial charge in [-0.25, -0.2) is 4.79 Å². The number of carbonyl (C=O) groups excluding carboxylic acids is 1. The number of thioether (sulfide) groups is 1. The molecule has 0 saturated carbocycles. The fourth-order valence-corrected chi connectivity index (χ4v) is 2.51. The lowest BCUT2D eigenvalue weighted by Crippen LogP contribution is -2.13. The Morgan fingerprint density at radius 3 is 3.07 bits per heavy atom. The third-order valence-electron chi connectivity index (χ3n) is 2.25. The van der Waals surface area contributed by atoms with Crippen molar-refractivity contribution in [2.24, 2.45) is 0 Å². The van der Waals surface area contributed by atoms with Gasteiger partial charge >= 0.3 is 5.97 Å². The third kappa shape index (κ3) is 4.71. The molecule has 1 rings (SSSR count). The number of ether oxygens (including phenoxy) is 2. The summed E-state index contributed by atoms with van der Waals surface area (Å²) in [6, 6.07) is 0. The fraction of sp³-hybridized carbons (Fsp3) is 0.727. The van der Waals surface area contributed by atoms with Gasteiger partial charge in [-0.15, -0.1) is 0 Å². The summed E-state index contributed by atoms with van der Waals surface area (Å²) in [6.07, 6.45) is 4.80. The minimum absolute atomic E-state index is 0.256. The van der Waals surface area contributed by atoms with Gasteiger partial charge in [0.05, 0.1) is 12.7 Å². The van der Waals surface area contributed by atoms with E-state index in [2.05, 4.69) is 6.92 Å². The molecule has 4 heteroatoms. The second-order valence-electron chi connectivity index (χ2n) is 3.39. The van der Waals surface area contributed by atoms with Gasteiger partial charge in [0.15, 0.2) is 0 Å². The van der Waals surface area contributed by atoms with E-state index in [0.29, 0.717) is 18.0 Å². The van der Waals surface area contributed by atoms with Crippen LogP contribution < -0.4 is 0 Å². The van der Waals surface area contributed by atoms with Crippen LogP contribution >= 0.6 is 11.8 Å². The van der Waals surface area contributed by atoms with Crippen molar-refractivity contribution in [2.75, 3.05) is 19.0 Å². The molecule has 0 aromatic heterocycles. The van der Waals surface area contributed by atoms with E-state index in [0.717, 1.165) is 18.8 Å². The van der Waals surface area contributed by atoms with E-state index in [1.165, 1.54) is 6.08 Å². The van der Waals surface area contributed by atoms with Gasteiger partial charge in [0, 0.05) is 23.7 Å². The standard InChI is InChI=1S/C11H18O3S/c1-3-13-11(12)5-4-8-15-10-6-7-14-9(10)2/h4-5,9-10H,3,6-8H2,1-2H3/b5-4+. The molecule has 0 N–H and O–H groups in total. The fourth-order valence-electron chi connectivity index (χ4n) is 1.44. The molecule has 0 aromatic rings. The van der Waals surface area contributed by atoms with Crippen LogP contribution in [-0.4, -0.2) is 36.3 Å². The van der Waals surface area contributed by atoms with Gasteiger partial charge in [-0.3, -0.25) is 0 Å².